The first kappa shape index (κ1) is 25.8. The molecule has 0 saturated heterocycles. The Bertz CT molecular complexity index is 803. The lowest BCUT2D eigenvalue weighted by Gasteiger charge is -2.09. The van der Waals surface area contributed by atoms with Crippen LogP contribution < -0.4 is 0 Å². The Labute approximate surface area is 196 Å². The van der Waals surface area contributed by atoms with Crippen LogP contribution in [0.5, 0.6) is 0 Å². The van der Waals surface area contributed by atoms with E-state index < -0.39 is 0 Å². The van der Waals surface area contributed by atoms with Crippen molar-refractivity contribution in [3.63, 3.8) is 0 Å². The lowest BCUT2D eigenvalue weighted by Crippen LogP contribution is -2.12. The summed E-state index contributed by atoms with van der Waals surface area (Å²) in [5.74, 6) is 0. The summed E-state index contributed by atoms with van der Waals surface area (Å²) in [5, 5.41) is 0. The molecule has 0 aliphatic carbocycles. The zero-order valence-corrected chi connectivity index (χ0v) is 20.3. The number of para-hydroxylation sites is 2. The summed E-state index contributed by atoms with van der Waals surface area (Å²) >= 11 is 0. The molecule has 2 aromatic carbocycles. The smallest absolute Gasteiger partial charge is 0.0848 e. The summed E-state index contributed by atoms with van der Waals surface area (Å²) in [7, 11) is 0. The molecule has 0 saturated carbocycles. The van der Waals surface area contributed by atoms with Crippen molar-refractivity contribution in [2.45, 2.75) is 90.9 Å². The third-order valence-corrected chi connectivity index (χ3v) is 5.59. The molecule has 0 radical (unpaired) electrons. The van der Waals surface area contributed by atoms with Crippen LogP contribution in [-0.2, 0) is 0 Å². The minimum absolute atomic E-state index is 0.960. The van der Waals surface area contributed by atoms with Crippen LogP contribution in [0, 0.1) is 0 Å². The number of benzene rings is 2. The number of hydrogen-bond acceptors (Lipinski definition) is 2. The number of hydrogen-bond donors (Lipinski definition) is 0. The second kappa shape index (κ2) is 17.1. The van der Waals surface area contributed by atoms with Gasteiger partial charge in [-0.25, -0.2) is 4.99 Å². The molecule has 0 aliphatic rings. The SMILES string of the molecule is CCCCCCCC/C=C/C(=Nc1ccccc1)C(CCCCCC)=Nc1ccccc1. The standard InChI is InChI=1S/C30H42N2/c1-3-5-7-9-10-11-12-20-26-30(32-28-23-17-14-18-24-28)29(25-19-8-6-4-2)31-27-21-15-13-16-22-27/h13-18,20-24,26H,3-12,19,25H2,1-2H3/b26-20+,31-29?,32-30?. The van der Waals surface area contributed by atoms with Gasteiger partial charge in [-0.2, -0.15) is 0 Å². The van der Waals surface area contributed by atoms with E-state index in [4.69, 9.17) is 9.98 Å². The van der Waals surface area contributed by atoms with Crippen LogP contribution in [-0.4, -0.2) is 11.4 Å². The maximum absolute atomic E-state index is 5.04. The van der Waals surface area contributed by atoms with Gasteiger partial charge in [-0.3, -0.25) is 4.99 Å². The minimum atomic E-state index is 0.960. The van der Waals surface area contributed by atoms with E-state index in [0.717, 1.165) is 42.1 Å². The van der Waals surface area contributed by atoms with Crippen molar-refractivity contribution < 1.29 is 0 Å². The third kappa shape index (κ3) is 11.2. The van der Waals surface area contributed by atoms with E-state index in [-0.39, 0.29) is 0 Å². The van der Waals surface area contributed by atoms with Crippen molar-refractivity contribution in [3.05, 3.63) is 72.8 Å². The first-order chi connectivity index (χ1) is 15.8. The molecule has 172 valence electrons. The lowest BCUT2D eigenvalue weighted by atomic mass is 10.0. The summed E-state index contributed by atoms with van der Waals surface area (Å²) in [6.45, 7) is 4.53. The molecule has 0 fully saturated rings. The van der Waals surface area contributed by atoms with Crippen molar-refractivity contribution >= 4 is 22.8 Å². The van der Waals surface area contributed by atoms with E-state index in [1.165, 1.54) is 57.8 Å². The van der Waals surface area contributed by atoms with E-state index in [1.807, 2.05) is 24.3 Å². The van der Waals surface area contributed by atoms with Gasteiger partial charge in [0.05, 0.1) is 22.8 Å². The van der Waals surface area contributed by atoms with Crippen LogP contribution in [0.4, 0.5) is 11.4 Å². The molecular weight excluding hydrogens is 388 g/mol. The molecule has 0 aliphatic heterocycles. The average Bonchev–Trinajstić information content (AvgIpc) is 2.83. The van der Waals surface area contributed by atoms with Gasteiger partial charge in [0, 0.05) is 0 Å². The second-order valence-corrected chi connectivity index (χ2v) is 8.50. The van der Waals surface area contributed by atoms with Crippen LogP contribution in [0.2, 0.25) is 0 Å². The Balaban J connectivity index is 2.17. The summed E-state index contributed by atoms with van der Waals surface area (Å²) in [4.78, 5) is 10.0. The molecule has 0 amide bonds. The molecule has 0 spiro atoms. The average molecular weight is 431 g/mol. The number of unbranched alkanes of at least 4 members (excludes halogenated alkanes) is 9. The van der Waals surface area contributed by atoms with Crippen molar-refractivity contribution in [2.75, 3.05) is 0 Å². The quantitative estimate of drug-likeness (QED) is 0.187. The zero-order valence-electron chi connectivity index (χ0n) is 20.3. The third-order valence-electron chi connectivity index (χ3n) is 5.59. The molecule has 0 atom stereocenters. The van der Waals surface area contributed by atoms with E-state index >= 15 is 0 Å². The van der Waals surface area contributed by atoms with Gasteiger partial charge in [0.1, 0.15) is 0 Å². The van der Waals surface area contributed by atoms with E-state index in [1.54, 1.807) is 0 Å². The Kier molecular flexibility index (Phi) is 13.8. The van der Waals surface area contributed by atoms with Crippen molar-refractivity contribution in [1.82, 2.24) is 0 Å². The van der Waals surface area contributed by atoms with Crippen molar-refractivity contribution in [2.24, 2.45) is 9.98 Å². The molecule has 2 heteroatoms. The summed E-state index contributed by atoms with van der Waals surface area (Å²) in [5.41, 5.74) is 4.09. The van der Waals surface area contributed by atoms with Crippen LogP contribution in [0.1, 0.15) is 90.9 Å². The number of aliphatic imine (C=N–C) groups is 2. The van der Waals surface area contributed by atoms with Gasteiger partial charge >= 0.3 is 0 Å². The fourth-order valence-electron chi connectivity index (χ4n) is 3.70. The van der Waals surface area contributed by atoms with Crippen LogP contribution in [0.3, 0.4) is 0 Å². The highest BCUT2D eigenvalue weighted by Crippen LogP contribution is 2.18. The first-order valence-corrected chi connectivity index (χ1v) is 12.8. The van der Waals surface area contributed by atoms with Gasteiger partial charge in [0.15, 0.2) is 0 Å². The molecular formula is C30H42N2. The fourth-order valence-corrected chi connectivity index (χ4v) is 3.70. The van der Waals surface area contributed by atoms with E-state index in [9.17, 15) is 0 Å². The van der Waals surface area contributed by atoms with Gasteiger partial charge in [0.25, 0.3) is 0 Å². The normalized spacial score (nSPS) is 12.6. The predicted octanol–water partition coefficient (Wildman–Crippen LogP) is 9.81. The maximum atomic E-state index is 5.04. The molecule has 2 rings (SSSR count). The highest BCUT2D eigenvalue weighted by molar-refractivity contribution is 6.47. The topological polar surface area (TPSA) is 24.7 Å². The van der Waals surface area contributed by atoms with Crippen LogP contribution in [0.15, 0.2) is 82.8 Å². The Hall–Kier alpha value is -2.48. The van der Waals surface area contributed by atoms with Crippen LogP contribution >= 0.6 is 0 Å². The summed E-state index contributed by atoms with van der Waals surface area (Å²) < 4.78 is 0. The highest BCUT2D eigenvalue weighted by Gasteiger charge is 2.08. The first-order valence-electron chi connectivity index (χ1n) is 12.8. The molecule has 2 nitrogen and oxygen atoms in total. The minimum Gasteiger partial charge on any atom is -0.251 e. The molecule has 0 bridgehead atoms. The highest BCUT2D eigenvalue weighted by atomic mass is 14.8. The number of allylic oxidation sites excluding steroid dienone is 2. The lowest BCUT2D eigenvalue weighted by molar-refractivity contribution is 0.611. The van der Waals surface area contributed by atoms with Gasteiger partial charge < -0.3 is 0 Å². The van der Waals surface area contributed by atoms with Gasteiger partial charge in [-0.1, -0.05) is 108 Å². The van der Waals surface area contributed by atoms with Crippen LogP contribution in [0.25, 0.3) is 0 Å². The zero-order chi connectivity index (χ0) is 22.7. The monoisotopic (exact) mass is 430 g/mol. The van der Waals surface area contributed by atoms with E-state index in [2.05, 4.69) is 62.4 Å². The Morgan fingerprint density at radius 3 is 1.78 bits per heavy atom. The molecule has 0 heterocycles. The van der Waals surface area contributed by atoms with Gasteiger partial charge in [0.2, 0.25) is 0 Å². The molecule has 0 N–H and O–H groups in total. The number of nitrogens with zero attached hydrogens (tertiary/aromatic N) is 2. The molecule has 32 heavy (non-hydrogen) atoms. The second-order valence-electron chi connectivity index (χ2n) is 8.50. The largest absolute Gasteiger partial charge is 0.251 e. The predicted molar refractivity (Wildman–Crippen MR) is 143 cm³/mol. The molecule has 0 unspecified atom stereocenters. The van der Waals surface area contributed by atoms with Gasteiger partial charge in [-0.05, 0) is 56.0 Å². The van der Waals surface area contributed by atoms with Crippen molar-refractivity contribution in [1.29, 1.82) is 0 Å². The molecule has 0 aromatic heterocycles. The van der Waals surface area contributed by atoms with Gasteiger partial charge in [-0.15, -0.1) is 0 Å². The number of rotatable bonds is 16. The summed E-state index contributed by atoms with van der Waals surface area (Å²) in [6.07, 6.45) is 19.4. The van der Waals surface area contributed by atoms with Crippen molar-refractivity contribution in [3.8, 4) is 0 Å². The fraction of sp³-hybridized carbons (Fsp3) is 0.467. The summed E-state index contributed by atoms with van der Waals surface area (Å²) in [6, 6.07) is 20.6. The Morgan fingerprint density at radius 1 is 0.625 bits per heavy atom. The molecule has 2 aromatic rings. The maximum Gasteiger partial charge on any atom is 0.0848 e. The Morgan fingerprint density at radius 2 is 1.16 bits per heavy atom. The van der Waals surface area contributed by atoms with E-state index in [0.29, 0.717) is 0 Å².